The van der Waals surface area contributed by atoms with Crippen molar-refractivity contribution < 1.29 is 14.6 Å². The van der Waals surface area contributed by atoms with E-state index >= 15 is 0 Å². The van der Waals surface area contributed by atoms with Gasteiger partial charge in [-0.05, 0) is 42.5 Å². The topological polar surface area (TPSA) is 38.7 Å². The summed E-state index contributed by atoms with van der Waals surface area (Å²) in [5.74, 6) is 1.44. The summed E-state index contributed by atoms with van der Waals surface area (Å²) in [7, 11) is 3.25. The lowest BCUT2D eigenvalue weighted by Gasteiger charge is -2.15. The van der Waals surface area contributed by atoms with Crippen molar-refractivity contribution in [3.63, 3.8) is 0 Å². The number of aryl methyl sites for hydroxylation is 1. The maximum Gasteiger partial charge on any atom is 0.161 e. The number of rotatable bonds is 2. The third-order valence-electron chi connectivity index (χ3n) is 3.18. The maximum atomic E-state index is 10.0. The molecular formula is C13H18O3. The summed E-state index contributed by atoms with van der Waals surface area (Å²) in [6.45, 7) is 0. The number of hydrogen-bond donors (Lipinski definition) is 1. The predicted octanol–water partition coefficient (Wildman–Crippen LogP) is 2.46. The second-order valence-corrected chi connectivity index (χ2v) is 4.17. The van der Waals surface area contributed by atoms with E-state index in [9.17, 15) is 5.11 Å². The van der Waals surface area contributed by atoms with Crippen molar-refractivity contribution in [1.29, 1.82) is 0 Å². The van der Waals surface area contributed by atoms with Crippen LogP contribution in [0.5, 0.6) is 11.5 Å². The fraction of sp³-hybridized carbons (Fsp3) is 0.538. The quantitative estimate of drug-likeness (QED) is 0.781. The van der Waals surface area contributed by atoms with E-state index in [1.807, 2.05) is 12.1 Å². The summed E-state index contributed by atoms with van der Waals surface area (Å²) < 4.78 is 10.5. The van der Waals surface area contributed by atoms with Crippen molar-refractivity contribution in [3.8, 4) is 11.5 Å². The van der Waals surface area contributed by atoms with Gasteiger partial charge >= 0.3 is 0 Å². The highest BCUT2D eigenvalue weighted by Gasteiger charge is 2.19. The summed E-state index contributed by atoms with van der Waals surface area (Å²) >= 11 is 0. The third-order valence-corrected chi connectivity index (χ3v) is 3.18. The van der Waals surface area contributed by atoms with E-state index in [2.05, 4.69) is 0 Å². The molecule has 0 heterocycles. The number of aliphatic hydroxyl groups excluding tert-OH is 1. The Morgan fingerprint density at radius 2 is 1.81 bits per heavy atom. The zero-order chi connectivity index (χ0) is 11.5. The van der Waals surface area contributed by atoms with Crippen LogP contribution < -0.4 is 9.47 Å². The van der Waals surface area contributed by atoms with Crippen molar-refractivity contribution in [2.75, 3.05) is 14.2 Å². The van der Waals surface area contributed by atoms with Crippen LogP contribution in [0.3, 0.4) is 0 Å². The number of benzene rings is 1. The van der Waals surface area contributed by atoms with E-state index in [0.29, 0.717) is 5.75 Å². The largest absolute Gasteiger partial charge is 0.493 e. The molecule has 1 aliphatic carbocycles. The minimum atomic E-state index is -0.364. The fourth-order valence-corrected chi connectivity index (χ4v) is 2.27. The van der Waals surface area contributed by atoms with Crippen molar-refractivity contribution in [2.45, 2.75) is 31.8 Å². The average Bonchev–Trinajstić information content (AvgIpc) is 2.49. The molecule has 1 unspecified atom stereocenters. The van der Waals surface area contributed by atoms with Gasteiger partial charge in [0.1, 0.15) is 0 Å². The zero-order valence-corrected chi connectivity index (χ0v) is 9.82. The van der Waals surface area contributed by atoms with Gasteiger partial charge in [-0.15, -0.1) is 0 Å². The van der Waals surface area contributed by atoms with Crippen LogP contribution in [0.1, 0.15) is 36.5 Å². The molecule has 0 aliphatic heterocycles. The number of hydrogen-bond acceptors (Lipinski definition) is 3. The molecule has 88 valence electrons. The molecule has 0 saturated carbocycles. The van der Waals surface area contributed by atoms with Crippen molar-refractivity contribution in [3.05, 3.63) is 23.3 Å². The Hall–Kier alpha value is -1.22. The fourth-order valence-electron chi connectivity index (χ4n) is 2.27. The zero-order valence-electron chi connectivity index (χ0n) is 9.82. The first-order chi connectivity index (χ1) is 7.76. The first-order valence-electron chi connectivity index (χ1n) is 5.69. The lowest BCUT2D eigenvalue weighted by molar-refractivity contribution is 0.166. The van der Waals surface area contributed by atoms with Gasteiger partial charge in [-0.25, -0.2) is 0 Å². The molecule has 1 atom stereocenters. The van der Waals surface area contributed by atoms with E-state index < -0.39 is 0 Å². The Balaban J connectivity index is 2.47. The van der Waals surface area contributed by atoms with Crippen LogP contribution in [0.15, 0.2) is 12.1 Å². The highest BCUT2D eigenvalue weighted by molar-refractivity contribution is 5.48. The molecule has 1 aromatic rings. The normalized spacial score (nSPS) is 19.8. The van der Waals surface area contributed by atoms with Gasteiger partial charge in [0, 0.05) is 0 Å². The molecule has 1 N–H and O–H groups in total. The van der Waals surface area contributed by atoms with Crippen molar-refractivity contribution >= 4 is 0 Å². The van der Waals surface area contributed by atoms with Gasteiger partial charge in [-0.1, -0.05) is 6.42 Å². The third kappa shape index (κ3) is 2.00. The molecule has 0 aromatic heterocycles. The maximum absolute atomic E-state index is 10.0. The highest BCUT2D eigenvalue weighted by atomic mass is 16.5. The number of methoxy groups -OCH3 is 2. The van der Waals surface area contributed by atoms with Crippen LogP contribution in [0.25, 0.3) is 0 Å². The molecule has 1 aromatic carbocycles. The first-order valence-corrected chi connectivity index (χ1v) is 5.69. The average molecular weight is 222 g/mol. The second-order valence-electron chi connectivity index (χ2n) is 4.17. The molecule has 16 heavy (non-hydrogen) atoms. The van der Waals surface area contributed by atoms with E-state index in [4.69, 9.17) is 9.47 Å². The van der Waals surface area contributed by atoms with E-state index in [1.54, 1.807) is 14.2 Å². The molecule has 0 spiro atoms. The van der Waals surface area contributed by atoms with Crippen LogP contribution in [0.2, 0.25) is 0 Å². The molecule has 0 bridgehead atoms. The Kier molecular flexibility index (Phi) is 3.34. The van der Waals surface area contributed by atoms with Crippen LogP contribution in [0, 0.1) is 0 Å². The minimum Gasteiger partial charge on any atom is -0.493 e. The van der Waals surface area contributed by atoms with Crippen LogP contribution in [0.4, 0.5) is 0 Å². The molecule has 0 amide bonds. The Bertz CT molecular complexity index is 374. The Labute approximate surface area is 96.0 Å². The minimum absolute atomic E-state index is 0.364. The predicted molar refractivity (Wildman–Crippen MR) is 62.1 cm³/mol. The summed E-state index contributed by atoms with van der Waals surface area (Å²) in [6, 6.07) is 3.90. The molecule has 1 aliphatic rings. The lowest BCUT2D eigenvalue weighted by atomic mass is 10.00. The number of fused-ring (bicyclic) bond motifs is 1. The summed E-state index contributed by atoms with van der Waals surface area (Å²) in [5, 5.41) is 10.0. The summed E-state index contributed by atoms with van der Waals surface area (Å²) in [6.07, 6.45) is 3.67. The van der Waals surface area contributed by atoms with Gasteiger partial charge in [0.2, 0.25) is 0 Å². The van der Waals surface area contributed by atoms with Gasteiger partial charge in [0.25, 0.3) is 0 Å². The molecule has 0 saturated heterocycles. The molecule has 0 fully saturated rings. The number of ether oxygens (including phenoxy) is 2. The van der Waals surface area contributed by atoms with Gasteiger partial charge in [-0.3, -0.25) is 0 Å². The monoisotopic (exact) mass is 222 g/mol. The van der Waals surface area contributed by atoms with E-state index in [0.717, 1.165) is 37.0 Å². The molecular weight excluding hydrogens is 204 g/mol. The van der Waals surface area contributed by atoms with Gasteiger partial charge < -0.3 is 14.6 Å². The van der Waals surface area contributed by atoms with Gasteiger partial charge in [0.05, 0.1) is 20.3 Å². The van der Waals surface area contributed by atoms with E-state index in [-0.39, 0.29) is 6.10 Å². The highest BCUT2D eigenvalue weighted by Crippen LogP contribution is 2.37. The van der Waals surface area contributed by atoms with Gasteiger partial charge in [-0.2, -0.15) is 0 Å². The summed E-state index contributed by atoms with van der Waals surface area (Å²) in [4.78, 5) is 0. The molecule has 3 nitrogen and oxygen atoms in total. The lowest BCUT2D eigenvalue weighted by Crippen LogP contribution is -2.01. The standard InChI is InChI=1S/C13H18O3/c1-15-12-7-9-5-3-4-6-11(14)10(9)8-13(12)16-2/h7-8,11,14H,3-6H2,1-2H3. The van der Waals surface area contributed by atoms with Gasteiger partial charge in [0.15, 0.2) is 11.5 Å². The van der Waals surface area contributed by atoms with Crippen molar-refractivity contribution in [1.82, 2.24) is 0 Å². The Morgan fingerprint density at radius 1 is 1.12 bits per heavy atom. The Morgan fingerprint density at radius 3 is 2.50 bits per heavy atom. The number of aliphatic hydroxyl groups is 1. The van der Waals surface area contributed by atoms with E-state index in [1.165, 1.54) is 5.56 Å². The molecule has 2 rings (SSSR count). The smallest absolute Gasteiger partial charge is 0.161 e. The summed E-state index contributed by atoms with van der Waals surface area (Å²) in [5.41, 5.74) is 2.18. The molecule has 0 radical (unpaired) electrons. The van der Waals surface area contributed by atoms with Crippen LogP contribution in [-0.2, 0) is 6.42 Å². The molecule has 3 heteroatoms. The second kappa shape index (κ2) is 4.74. The first kappa shape index (κ1) is 11.3. The van der Waals surface area contributed by atoms with Crippen molar-refractivity contribution in [2.24, 2.45) is 0 Å². The SMILES string of the molecule is COc1cc2c(cc1OC)C(O)CCCC2. The van der Waals surface area contributed by atoms with Crippen LogP contribution >= 0.6 is 0 Å². The van der Waals surface area contributed by atoms with Crippen LogP contribution in [-0.4, -0.2) is 19.3 Å².